The molecule has 2 heterocycles. The molecule has 0 spiro atoms. The zero-order valence-electron chi connectivity index (χ0n) is 10.9. The second kappa shape index (κ2) is 5.34. The largest absolute Gasteiger partial charge is 0.326 e. The van der Waals surface area contributed by atoms with Crippen LogP contribution in [0.15, 0.2) is 23.1 Å². The van der Waals surface area contributed by atoms with Crippen LogP contribution in [0.5, 0.6) is 0 Å². The summed E-state index contributed by atoms with van der Waals surface area (Å²) in [5.74, 6) is 0. The lowest BCUT2D eigenvalue weighted by molar-refractivity contribution is 0.192. The molecule has 0 bridgehead atoms. The predicted octanol–water partition coefficient (Wildman–Crippen LogP) is 3.10. The molecule has 2 N–H and O–H groups in total. The molecular weight excluding hydrogens is 228 g/mol. The van der Waals surface area contributed by atoms with Crippen molar-refractivity contribution >= 4 is 11.3 Å². The van der Waals surface area contributed by atoms with Gasteiger partial charge in [0.25, 0.3) is 0 Å². The Kier molecular flexibility index (Phi) is 4.02. The summed E-state index contributed by atoms with van der Waals surface area (Å²) in [6, 6.07) is 2.75. The maximum atomic E-state index is 6.21. The van der Waals surface area contributed by atoms with E-state index in [4.69, 9.17) is 5.73 Å². The van der Waals surface area contributed by atoms with E-state index in [9.17, 15) is 0 Å². The minimum absolute atomic E-state index is 0.180. The third kappa shape index (κ3) is 2.79. The van der Waals surface area contributed by atoms with Crippen molar-refractivity contribution in [3.05, 3.63) is 33.5 Å². The molecule has 0 radical (unpaired) electrons. The van der Waals surface area contributed by atoms with Crippen molar-refractivity contribution in [2.75, 3.05) is 13.1 Å². The Morgan fingerprint density at radius 3 is 2.65 bits per heavy atom. The summed E-state index contributed by atoms with van der Waals surface area (Å²) in [6.45, 7) is 8.69. The van der Waals surface area contributed by atoms with E-state index >= 15 is 0 Å². The van der Waals surface area contributed by atoms with Crippen molar-refractivity contribution in [1.29, 1.82) is 0 Å². The number of hydrogen-bond donors (Lipinski definition) is 1. The molecule has 0 saturated carbocycles. The second-order valence-electron chi connectivity index (χ2n) is 5.07. The smallest absolute Gasteiger partial charge is 0.0596 e. The average Bonchev–Trinajstić information content (AvgIpc) is 2.68. The number of nitrogens with two attached hydrogens (primary N) is 1. The summed E-state index contributed by atoms with van der Waals surface area (Å²) in [6.07, 6.45) is 3.51. The van der Waals surface area contributed by atoms with Gasteiger partial charge >= 0.3 is 0 Å². The van der Waals surface area contributed by atoms with Crippen LogP contribution in [0.2, 0.25) is 0 Å². The van der Waals surface area contributed by atoms with Gasteiger partial charge in [-0.1, -0.05) is 11.6 Å². The van der Waals surface area contributed by atoms with Crippen LogP contribution in [0.25, 0.3) is 0 Å². The number of thiophene rings is 1. The number of aryl methyl sites for hydroxylation is 1. The highest BCUT2D eigenvalue weighted by molar-refractivity contribution is 7.10. The Morgan fingerprint density at radius 1 is 1.41 bits per heavy atom. The van der Waals surface area contributed by atoms with Crippen molar-refractivity contribution in [3.63, 3.8) is 0 Å². The van der Waals surface area contributed by atoms with Crippen LogP contribution < -0.4 is 5.73 Å². The molecule has 3 heteroatoms. The summed E-state index contributed by atoms with van der Waals surface area (Å²) < 4.78 is 0. The van der Waals surface area contributed by atoms with Gasteiger partial charge in [-0.2, -0.15) is 0 Å². The highest BCUT2D eigenvalue weighted by atomic mass is 32.1. The second-order valence-corrected chi connectivity index (χ2v) is 6.01. The fourth-order valence-corrected chi connectivity index (χ4v) is 3.64. The Hall–Kier alpha value is -0.640. The van der Waals surface area contributed by atoms with Gasteiger partial charge in [-0.15, -0.1) is 11.3 Å². The Balaban J connectivity index is 2.22. The first kappa shape index (κ1) is 12.8. The van der Waals surface area contributed by atoms with Crippen molar-refractivity contribution in [3.8, 4) is 0 Å². The maximum Gasteiger partial charge on any atom is 0.0596 e. The quantitative estimate of drug-likeness (QED) is 0.835. The predicted molar refractivity (Wildman–Crippen MR) is 75.4 cm³/mol. The van der Waals surface area contributed by atoms with Gasteiger partial charge in [0.2, 0.25) is 0 Å². The standard InChI is InChI=1S/C14H22N2S/c1-10-4-7-16(8-5-10)13(12(3)15)14-11(2)6-9-17-14/h4,6,9,12-13H,5,7-8,15H2,1-3H3. The van der Waals surface area contributed by atoms with Crippen molar-refractivity contribution in [2.45, 2.75) is 39.3 Å². The monoisotopic (exact) mass is 250 g/mol. The van der Waals surface area contributed by atoms with Gasteiger partial charge in [-0.05, 0) is 44.2 Å². The molecule has 1 aromatic rings. The first-order valence-corrected chi connectivity index (χ1v) is 7.17. The lowest BCUT2D eigenvalue weighted by Crippen LogP contribution is -2.41. The van der Waals surface area contributed by atoms with Crippen molar-refractivity contribution < 1.29 is 0 Å². The molecule has 1 aliphatic rings. The van der Waals surface area contributed by atoms with E-state index in [0.717, 1.165) is 13.1 Å². The van der Waals surface area contributed by atoms with Crippen LogP contribution in [0.3, 0.4) is 0 Å². The lowest BCUT2D eigenvalue weighted by Gasteiger charge is -2.35. The zero-order valence-corrected chi connectivity index (χ0v) is 11.8. The summed E-state index contributed by atoms with van der Waals surface area (Å²) in [4.78, 5) is 3.95. The van der Waals surface area contributed by atoms with Gasteiger partial charge in [0.05, 0.1) is 6.04 Å². The summed E-state index contributed by atoms with van der Waals surface area (Å²) >= 11 is 1.84. The Labute approximate surface area is 108 Å². The van der Waals surface area contributed by atoms with E-state index in [2.05, 4.69) is 43.2 Å². The molecule has 0 aromatic carbocycles. The summed E-state index contributed by atoms with van der Waals surface area (Å²) in [5, 5.41) is 2.17. The fourth-order valence-electron chi connectivity index (χ4n) is 2.46. The van der Waals surface area contributed by atoms with Gasteiger partial charge in [0, 0.05) is 24.0 Å². The minimum Gasteiger partial charge on any atom is -0.326 e. The highest BCUT2D eigenvalue weighted by Gasteiger charge is 2.26. The van der Waals surface area contributed by atoms with Crippen LogP contribution in [0.4, 0.5) is 0 Å². The fraction of sp³-hybridized carbons (Fsp3) is 0.571. The first-order chi connectivity index (χ1) is 8.09. The average molecular weight is 250 g/mol. The molecule has 0 amide bonds. The van der Waals surface area contributed by atoms with Gasteiger partial charge < -0.3 is 5.73 Å². The molecule has 2 rings (SSSR count). The van der Waals surface area contributed by atoms with E-state index in [1.807, 2.05) is 11.3 Å². The van der Waals surface area contributed by atoms with Crippen LogP contribution >= 0.6 is 11.3 Å². The van der Waals surface area contributed by atoms with Gasteiger partial charge in [0.1, 0.15) is 0 Å². The van der Waals surface area contributed by atoms with E-state index in [1.54, 1.807) is 0 Å². The van der Waals surface area contributed by atoms with E-state index < -0.39 is 0 Å². The summed E-state index contributed by atoms with van der Waals surface area (Å²) in [5.41, 5.74) is 9.09. The van der Waals surface area contributed by atoms with E-state index in [-0.39, 0.29) is 6.04 Å². The Morgan fingerprint density at radius 2 is 2.18 bits per heavy atom. The molecule has 2 atom stereocenters. The van der Waals surface area contributed by atoms with Gasteiger partial charge in [-0.3, -0.25) is 4.90 Å². The van der Waals surface area contributed by atoms with Crippen LogP contribution in [0.1, 0.15) is 36.8 Å². The molecule has 2 unspecified atom stereocenters. The van der Waals surface area contributed by atoms with Crippen molar-refractivity contribution in [1.82, 2.24) is 4.90 Å². The SMILES string of the molecule is CC1=CCN(C(c2sccc2C)C(C)N)CC1. The molecule has 1 aromatic heterocycles. The molecule has 2 nitrogen and oxygen atoms in total. The van der Waals surface area contributed by atoms with Gasteiger partial charge in [-0.25, -0.2) is 0 Å². The van der Waals surface area contributed by atoms with Crippen molar-refractivity contribution in [2.24, 2.45) is 5.73 Å². The van der Waals surface area contributed by atoms with Crippen LogP contribution in [-0.2, 0) is 0 Å². The topological polar surface area (TPSA) is 29.3 Å². The molecule has 0 fully saturated rings. The minimum atomic E-state index is 0.180. The van der Waals surface area contributed by atoms with Gasteiger partial charge in [0.15, 0.2) is 0 Å². The third-order valence-corrected chi connectivity index (χ3v) is 4.62. The lowest BCUT2D eigenvalue weighted by atomic mass is 10.0. The van der Waals surface area contributed by atoms with Crippen LogP contribution in [0, 0.1) is 6.92 Å². The number of nitrogens with zero attached hydrogens (tertiary/aromatic N) is 1. The normalized spacial score (nSPS) is 21.1. The highest BCUT2D eigenvalue weighted by Crippen LogP contribution is 2.32. The molecular formula is C14H22N2S. The Bertz CT molecular complexity index is 406. The van der Waals surface area contributed by atoms with Crippen LogP contribution in [-0.4, -0.2) is 24.0 Å². The molecule has 0 aliphatic carbocycles. The summed E-state index contributed by atoms with van der Waals surface area (Å²) in [7, 11) is 0. The molecule has 0 saturated heterocycles. The third-order valence-electron chi connectivity index (χ3n) is 3.53. The molecule has 94 valence electrons. The number of hydrogen-bond acceptors (Lipinski definition) is 3. The van der Waals surface area contributed by atoms with E-state index in [0.29, 0.717) is 6.04 Å². The molecule has 17 heavy (non-hydrogen) atoms. The zero-order chi connectivity index (χ0) is 12.4. The number of rotatable bonds is 3. The first-order valence-electron chi connectivity index (χ1n) is 6.29. The molecule has 1 aliphatic heterocycles. The maximum absolute atomic E-state index is 6.21. The van der Waals surface area contributed by atoms with E-state index in [1.165, 1.54) is 22.4 Å².